The molecule has 0 saturated carbocycles. The highest BCUT2D eigenvalue weighted by Crippen LogP contribution is 2.25. The number of aliphatic carboxylic acids is 1. The SMILES string of the molecule is COC(=Cc1ccccc1)C(=O)O.COc1ccc(C(=O)c2ccccc2)c(O)c1. The van der Waals surface area contributed by atoms with Crippen molar-refractivity contribution in [2.45, 2.75) is 0 Å². The van der Waals surface area contributed by atoms with E-state index in [-0.39, 0.29) is 22.9 Å². The average Bonchev–Trinajstić information content (AvgIpc) is 2.78. The fourth-order valence-electron chi connectivity index (χ4n) is 2.48. The highest BCUT2D eigenvalue weighted by molar-refractivity contribution is 6.10. The van der Waals surface area contributed by atoms with Crippen LogP contribution in [0.1, 0.15) is 21.5 Å². The molecule has 0 aliphatic rings. The molecule has 0 aliphatic carbocycles. The van der Waals surface area contributed by atoms with Crippen LogP contribution in [-0.2, 0) is 9.53 Å². The summed E-state index contributed by atoms with van der Waals surface area (Å²) in [5.41, 5.74) is 1.63. The zero-order valence-corrected chi connectivity index (χ0v) is 16.6. The minimum atomic E-state index is -1.06. The molecule has 154 valence electrons. The Bertz CT molecular complexity index is 1010. The van der Waals surface area contributed by atoms with E-state index in [1.54, 1.807) is 36.4 Å². The second kappa shape index (κ2) is 11.1. The number of phenols is 1. The van der Waals surface area contributed by atoms with E-state index in [4.69, 9.17) is 9.84 Å². The highest BCUT2D eigenvalue weighted by Gasteiger charge is 2.13. The first kappa shape index (κ1) is 22.2. The standard InChI is InChI=1S/C14H12O3.C10H10O3/c1-17-11-7-8-12(13(15)9-11)14(16)10-5-3-2-4-6-10;1-13-9(10(11)12)7-8-5-3-2-4-6-8/h2-9,15H,1H3;2-7H,1H3,(H,11,12). The number of methoxy groups -OCH3 is 2. The molecule has 0 spiro atoms. The molecule has 6 nitrogen and oxygen atoms in total. The number of phenolic OH excluding ortho intramolecular Hbond substituents is 1. The van der Waals surface area contributed by atoms with Gasteiger partial charge in [0.1, 0.15) is 11.5 Å². The van der Waals surface area contributed by atoms with Crippen LogP contribution < -0.4 is 4.74 Å². The molecule has 0 amide bonds. The predicted molar refractivity (Wildman–Crippen MR) is 114 cm³/mol. The summed E-state index contributed by atoms with van der Waals surface area (Å²) in [6.45, 7) is 0. The number of ether oxygens (including phenoxy) is 2. The molecule has 0 saturated heterocycles. The van der Waals surface area contributed by atoms with Crippen LogP contribution in [0.5, 0.6) is 11.5 Å². The molecule has 0 radical (unpaired) electrons. The molecule has 0 fully saturated rings. The van der Waals surface area contributed by atoms with Crippen LogP contribution in [0.3, 0.4) is 0 Å². The Morgan fingerprint density at radius 3 is 1.97 bits per heavy atom. The normalized spacial score (nSPS) is 10.4. The van der Waals surface area contributed by atoms with Crippen LogP contribution in [0.4, 0.5) is 0 Å². The summed E-state index contributed by atoms with van der Waals surface area (Å²) < 4.78 is 9.64. The van der Waals surface area contributed by atoms with Crippen molar-refractivity contribution in [2.24, 2.45) is 0 Å². The number of carbonyl (C=O) groups excluding carboxylic acids is 1. The van der Waals surface area contributed by atoms with E-state index in [0.29, 0.717) is 11.3 Å². The summed E-state index contributed by atoms with van der Waals surface area (Å²) in [5.74, 6) is -0.881. The molecule has 3 rings (SSSR count). The third kappa shape index (κ3) is 6.24. The fraction of sp³-hybridized carbons (Fsp3) is 0.0833. The Balaban J connectivity index is 0.000000222. The smallest absolute Gasteiger partial charge is 0.371 e. The van der Waals surface area contributed by atoms with E-state index in [1.807, 2.05) is 36.4 Å². The molecule has 0 unspecified atom stereocenters. The topological polar surface area (TPSA) is 93.1 Å². The summed E-state index contributed by atoms with van der Waals surface area (Å²) in [4.78, 5) is 22.6. The zero-order valence-electron chi connectivity index (χ0n) is 16.6. The van der Waals surface area contributed by atoms with Gasteiger partial charge in [-0.15, -0.1) is 0 Å². The third-order valence-corrected chi connectivity index (χ3v) is 4.01. The first-order chi connectivity index (χ1) is 14.5. The van der Waals surface area contributed by atoms with Gasteiger partial charge < -0.3 is 19.7 Å². The number of aromatic hydroxyl groups is 1. The maximum absolute atomic E-state index is 12.1. The summed E-state index contributed by atoms with van der Waals surface area (Å²) in [7, 11) is 2.84. The second-order valence-electron chi connectivity index (χ2n) is 6.01. The average molecular weight is 406 g/mol. The van der Waals surface area contributed by atoms with Crippen LogP contribution in [0, 0.1) is 0 Å². The first-order valence-corrected chi connectivity index (χ1v) is 8.97. The van der Waals surface area contributed by atoms with Crippen LogP contribution in [0.2, 0.25) is 0 Å². The Morgan fingerprint density at radius 2 is 1.47 bits per heavy atom. The van der Waals surface area contributed by atoms with E-state index < -0.39 is 5.97 Å². The minimum absolute atomic E-state index is 0.0637. The summed E-state index contributed by atoms with van der Waals surface area (Å²) >= 11 is 0. The summed E-state index contributed by atoms with van der Waals surface area (Å²) in [5, 5.41) is 18.4. The van der Waals surface area contributed by atoms with E-state index in [9.17, 15) is 14.7 Å². The molecular formula is C24H22O6. The molecule has 0 heterocycles. The maximum atomic E-state index is 12.1. The van der Waals surface area contributed by atoms with Crippen LogP contribution in [0.25, 0.3) is 6.08 Å². The van der Waals surface area contributed by atoms with E-state index in [2.05, 4.69) is 4.74 Å². The van der Waals surface area contributed by atoms with Gasteiger partial charge in [-0.2, -0.15) is 0 Å². The monoisotopic (exact) mass is 406 g/mol. The molecule has 3 aromatic carbocycles. The minimum Gasteiger partial charge on any atom is -0.507 e. The van der Waals surface area contributed by atoms with Crippen molar-refractivity contribution in [3.8, 4) is 11.5 Å². The fourth-order valence-corrected chi connectivity index (χ4v) is 2.48. The third-order valence-electron chi connectivity index (χ3n) is 4.01. The van der Waals surface area contributed by atoms with Crippen molar-refractivity contribution in [1.29, 1.82) is 0 Å². The number of carboxylic acids is 1. The molecule has 0 atom stereocenters. The van der Waals surface area contributed by atoms with Crippen LogP contribution >= 0.6 is 0 Å². The number of hydrogen-bond acceptors (Lipinski definition) is 5. The van der Waals surface area contributed by atoms with Gasteiger partial charge in [-0.3, -0.25) is 4.79 Å². The lowest BCUT2D eigenvalue weighted by Gasteiger charge is -2.06. The van der Waals surface area contributed by atoms with E-state index in [0.717, 1.165) is 5.56 Å². The molecule has 3 aromatic rings. The highest BCUT2D eigenvalue weighted by atomic mass is 16.5. The van der Waals surface area contributed by atoms with Crippen molar-refractivity contribution >= 4 is 17.8 Å². The Hall–Kier alpha value is -4.06. The van der Waals surface area contributed by atoms with Gasteiger partial charge in [0.15, 0.2) is 5.78 Å². The molecule has 30 heavy (non-hydrogen) atoms. The quantitative estimate of drug-likeness (QED) is 0.358. The Morgan fingerprint density at radius 1 is 0.867 bits per heavy atom. The number of carboxylic acid groups (broad SMARTS) is 1. The number of rotatable bonds is 6. The number of hydrogen-bond donors (Lipinski definition) is 2. The molecule has 0 aliphatic heterocycles. The van der Waals surface area contributed by atoms with Gasteiger partial charge in [-0.05, 0) is 23.8 Å². The molecular weight excluding hydrogens is 384 g/mol. The molecule has 0 bridgehead atoms. The predicted octanol–water partition coefficient (Wildman–Crippen LogP) is 4.39. The largest absolute Gasteiger partial charge is 0.507 e. The first-order valence-electron chi connectivity index (χ1n) is 8.97. The lowest BCUT2D eigenvalue weighted by atomic mass is 10.0. The van der Waals surface area contributed by atoms with Crippen molar-refractivity contribution in [3.05, 3.63) is 101 Å². The number of benzene rings is 3. The Kier molecular flexibility index (Phi) is 8.20. The summed E-state index contributed by atoms with van der Waals surface area (Å²) in [6.07, 6.45) is 1.47. The van der Waals surface area contributed by atoms with Crippen molar-refractivity contribution in [2.75, 3.05) is 14.2 Å². The maximum Gasteiger partial charge on any atom is 0.371 e. The van der Waals surface area contributed by atoms with Gasteiger partial charge >= 0.3 is 5.97 Å². The van der Waals surface area contributed by atoms with Crippen molar-refractivity contribution in [3.63, 3.8) is 0 Å². The van der Waals surface area contributed by atoms with Gasteiger partial charge in [-0.1, -0.05) is 60.7 Å². The van der Waals surface area contributed by atoms with Crippen molar-refractivity contribution in [1.82, 2.24) is 0 Å². The lowest BCUT2D eigenvalue weighted by Crippen LogP contribution is -2.01. The molecule has 2 N–H and O–H groups in total. The van der Waals surface area contributed by atoms with Crippen LogP contribution in [-0.4, -0.2) is 36.2 Å². The Labute approximate surface area is 174 Å². The number of ketones is 1. The lowest BCUT2D eigenvalue weighted by molar-refractivity contribution is -0.135. The van der Waals surface area contributed by atoms with Crippen LogP contribution in [0.15, 0.2) is 84.6 Å². The van der Waals surface area contributed by atoms with Gasteiger partial charge in [0, 0.05) is 11.6 Å². The van der Waals surface area contributed by atoms with Gasteiger partial charge in [0.05, 0.1) is 19.8 Å². The zero-order chi connectivity index (χ0) is 21.9. The molecule has 6 heteroatoms. The van der Waals surface area contributed by atoms with Gasteiger partial charge in [-0.25, -0.2) is 4.79 Å². The number of carbonyl (C=O) groups is 2. The van der Waals surface area contributed by atoms with Gasteiger partial charge in [0.2, 0.25) is 5.76 Å². The second-order valence-corrected chi connectivity index (χ2v) is 6.01. The van der Waals surface area contributed by atoms with Gasteiger partial charge in [0.25, 0.3) is 0 Å². The molecule has 0 aromatic heterocycles. The summed E-state index contributed by atoms with van der Waals surface area (Å²) in [6, 6.07) is 22.6. The van der Waals surface area contributed by atoms with Crippen molar-refractivity contribution < 1.29 is 29.3 Å². The van der Waals surface area contributed by atoms with E-state index in [1.165, 1.54) is 26.4 Å². The van der Waals surface area contributed by atoms with E-state index >= 15 is 0 Å².